The van der Waals surface area contributed by atoms with Crippen molar-refractivity contribution in [2.75, 3.05) is 13.1 Å². The van der Waals surface area contributed by atoms with Crippen molar-refractivity contribution in [3.8, 4) is 0 Å². The highest BCUT2D eigenvalue weighted by Gasteiger charge is 2.08. The van der Waals surface area contributed by atoms with Crippen LogP contribution in [0.5, 0.6) is 0 Å². The van der Waals surface area contributed by atoms with Gasteiger partial charge in [0.2, 0.25) is 0 Å². The third-order valence-corrected chi connectivity index (χ3v) is 2.48. The zero-order chi connectivity index (χ0) is 8.81. The van der Waals surface area contributed by atoms with E-state index in [1.807, 2.05) is 0 Å². The highest BCUT2D eigenvalue weighted by molar-refractivity contribution is 4.89. The summed E-state index contributed by atoms with van der Waals surface area (Å²) in [6.45, 7) is 6.89. The van der Waals surface area contributed by atoms with Gasteiger partial charge in [-0.2, -0.15) is 0 Å². The van der Waals surface area contributed by atoms with Gasteiger partial charge in [-0.05, 0) is 31.2 Å². The summed E-state index contributed by atoms with van der Waals surface area (Å²) >= 11 is 0. The standard InChI is InChI=1S/C11H21N/c1-10(2)6-7-11-5-3-4-8-12-9-11/h3-4,10-12H,5-9H2,1-2H3. The number of hydrogen-bond acceptors (Lipinski definition) is 1. The van der Waals surface area contributed by atoms with Crippen LogP contribution in [0.1, 0.15) is 33.1 Å². The molecule has 70 valence electrons. The molecule has 1 aliphatic rings. The predicted molar refractivity (Wildman–Crippen MR) is 54.2 cm³/mol. The van der Waals surface area contributed by atoms with Gasteiger partial charge in [0, 0.05) is 6.54 Å². The molecule has 1 rings (SSSR count). The molecule has 0 aromatic rings. The minimum Gasteiger partial charge on any atom is -0.313 e. The van der Waals surface area contributed by atoms with Crippen LogP contribution in [-0.2, 0) is 0 Å². The van der Waals surface area contributed by atoms with Crippen molar-refractivity contribution in [2.45, 2.75) is 33.1 Å². The maximum absolute atomic E-state index is 3.43. The SMILES string of the molecule is CC(C)CCC1CC=CCNC1. The Morgan fingerprint density at radius 1 is 1.42 bits per heavy atom. The summed E-state index contributed by atoms with van der Waals surface area (Å²) in [5.41, 5.74) is 0. The molecular formula is C11H21N. The van der Waals surface area contributed by atoms with E-state index in [2.05, 4.69) is 31.3 Å². The van der Waals surface area contributed by atoms with Crippen molar-refractivity contribution in [3.05, 3.63) is 12.2 Å². The van der Waals surface area contributed by atoms with Gasteiger partial charge in [0.15, 0.2) is 0 Å². The van der Waals surface area contributed by atoms with Crippen molar-refractivity contribution in [2.24, 2.45) is 11.8 Å². The molecule has 0 aromatic heterocycles. The van der Waals surface area contributed by atoms with Crippen LogP contribution in [0.4, 0.5) is 0 Å². The molecule has 0 aromatic carbocycles. The van der Waals surface area contributed by atoms with Crippen LogP contribution in [-0.4, -0.2) is 13.1 Å². The molecule has 1 heteroatoms. The summed E-state index contributed by atoms with van der Waals surface area (Å²) < 4.78 is 0. The highest BCUT2D eigenvalue weighted by Crippen LogP contribution is 2.16. The van der Waals surface area contributed by atoms with Crippen LogP contribution in [0.15, 0.2) is 12.2 Å². The molecule has 1 N–H and O–H groups in total. The summed E-state index contributed by atoms with van der Waals surface area (Å²) in [7, 11) is 0. The van der Waals surface area contributed by atoms with E-state index in [9.17, 15) is 0 Å². The molecule has 0 spiro atoms. The van der Waals surface area contributed by atoms with Gasteiger partial charge in [0.1, 0.15) is 0 Å². The van der Waals surface area contributed by atoms with Gasteiger partial charge in [-0.1, -0.05) is 32.4 Å². The molecule has 0 bridgehead atoms. The van der Waals surface area contributed by atoms with Gasteiger partial charge >= 0.3 is 0 Å². The van der Waals surface area contributed by atoms with Crippen LogP contribution < -0.4 is 5.32 Å². The van der Waals surface area contributed by atoms with Crippen molar-refractivity contribution >= 4 is 0 Å². The van der Waals surface area contributed by atoms with Crippen LogP contribution in [0.2, 0.25) is 0 Å². The third kappa shape index (κ3) is 3.91. The summed E-state index contributed by atoms with van der Waals surface area (Å²) in [4.78, 5) is 0. The number of rotatable bonds is 3. The van der Waals surface area contributed by atoms with E-state index in [1.54, 1.807) is 0 Å². The van der Waals surface area contributed by atoms with Crippen molar-refractivity contribution in [1.29, 1.82) is 0 Å². The van der Waals surface area contributed by atoms with Crippen LogP contribution in [0.3, 0.4) is 0 Å². The molecule has 1 aliphatic heterocycles. The van der Waals surface area contributed by atoms with Crippen LogP contribution in [0, 0.1) is 11.8 Å². The van der Waals surface area contributed by atoms with E-state index >= 15 is 0 Å². The first-order valence-electron chi connectivity index (χ1n) is 5.14. The first-order valence-corrected chi connectivity index (χ1v) is 5.14. The minimum absolute atomic E-state index is 0.859. The predicted octanol–water partition coefficient (Wildman–Crippen LogP) is 2.59. The molecule has 0 aliphatic carbocycles. The second-order valence-electron chi connectivity index (χ2n) is 4.20. The van der Waals surface area contributed by atoms with Crippen molar-refractivity contribution in [3.63, 3.8) is 0 Å². The molecule has 0 fully saturated rings. The summed E-state index contributed by atoms with van der Waals surface area (Å²) in [5, 5.41) is 3.43. The van der Waals surface area contributed by atoms with Gasteiger partial charge in [-0.15, -0.1) is 0 Å². The lowest BCUT2D eigenvalue weighted by molar-refractivity contribution is 0.415. The fourth-order valence-corrected chi connectivity index (χ4v) is 1.62. The van der Waals surface area contributed by atoms with Gasteiger partial charge < -0.3 is 5.32 Å². The van der Waals surface area contributed by atoms with Crippen LogP contribution in [0.25, 0.3) is 0 Å². The average molecular weight is 167 g/mol. The average Bonchev–Trinajstić information content (AvgIpc) is 2.28. The van der Waals surface area contributed by atoms with E-state index in [1.165, 1.54) is 25.8 Å². The molecule has 1 atom stereocenters. The Morgan fingerprint density at radius 3 is 3.00 bits per heavy atom. The lowest BCUT2D eigenvalue weighted by Crippen LogP contribution is -2.21. The third-order valence-electron chi connectivity index (χ3n) is 2.48. The quantitative estimate of drug-likeness (QED) is 0.637. The van der Waals surface area contributed by atoms with Gasteiger partial charge in [-0.3, -0.25) is 0 Å². The Hall–Kier alpha value is -0.300. The Bertz CT molecular complexity index is 138. The molecule has 0 amide bonds. The molecule has 0 radical (unpaired) electrons. The zero-order valence-electron chi connectivity index (χ0n) is 8.34. The maximum atomic E-state index is 3.43. The first-order chi connectivity index (χ1) is 5.79. The van der Waals surface area contributed by atoms with E-state index in [0.29, 0.717) is 0 Å². The molecular weight excluding hydrogens is 146 g/mol. The number of hydrogen-bond donors (Lipinski definition) is 1. The summed E-state index contributed by atoms with van der Waals surface area (Å²) in [6, 6.07) is 0. The number of allylic oxidation sites excluding steroid dienone is 1. The first kappa shape index (κ1) is 9.79. The fraction of sp³-hybridized carbons (Fsp3) is 0.818. The largest absolute Gasteiger partial charge is 0.313 e. The second-order valence-corrected chi connectivity index (χ2v) is 4.20. The van der Waals surface area contributed by atoms with Gasteiger partial charge in [0.05, 0.1) is 0 Å². The fourth-order valence-electron chi connectivity index (χ4n) is 1.62. The normalized spacial score (nSPS) is 24.4. The maximum Gasteiger partial charge on any atom is 0.0135 e. The molecule has 0 saturated heterocycles. The Balaban J connectivity index is 2.17. The molecule has 1 heterocycles. The van der Waals surface area contributed by atoms with E-state index in [0.717, 1.165) is 18.4 Å². The molecule has 1 nitrogen and oxygen atoms in total. The monoisotopic (exact) mass is 167 g/mol. The Kier molecular flexibility index (Phi) is 4.37. The van der Waals surface area contributed by atoms with E-state index in [-0.39, 0.29) is 0 Å². The van der Waals surface area contributed by atoms with E-state index < -0.39 is 0 Å². The Morgan fingerprint density at radius 2 is 2.25 bits per heavy atom. The van der Waals surface area contributed by atoms with Crippen LogP contribution >= 0.6 is 0 Å². The van der Waals surface area contributed by atoms with Gasteiger partial charge in [-0.25, -0.2) is 0 Å². The summed E-state index contributed by atoms with van der Waals surface area (Å²) in [5.74, 6) is 1.74. The molecule has 1 unspecified atom stereocenters. The lowest BCUT2D eigenvalue weighted by atomic mass is 9.95. The Labute approximate surface area is 76.2 Å². The summed E-state index contributed by atoms with van der Waals surface area (Å²) in [6.07, 6.45) is 8.61. The number of nitrogens with one attached hydrogen (secondary N) is 1. The van der Waals surface area contributed by atoms with Crippen molar-refractivity contribution < 1.29 is 0 Å². The zero-order valence-corrected chi connectivity index (χ0v) is 8.34. The smallest absolute Gasteiger partial charge is 0.0135 e. The lowest BCUT2D eigenvalue weighted by Gasteiger charge is -2.14. The second kappa shape index (κ2) is 5.36. The van der Waals surface area contributed by atoms with Gasteiger partial charge in [0.25, 0.3) is 0 Å². The highest BCUT2D eigenvalue weighted by atomic mass is 14.8. The minimum atomic E-state index is 0.859. The van der Waals surface area contributed by atoms with Crippen molar-refractivity contribution in [1.82, 2.24) is 5.32 Å². The molecule has 12 heavy (non-hydrogen) atoms. The topological polar surface area (TPSA) is 12.0 Å². The molecule has 0 saturated carbocycles. The van der Waals surface area contributed by atoms with E-state index in [4.69, 9.17) is 0 Å².